The van der Waals surface area contributed by atoms with Gasteiger partial charge in [-0.25, -0.2) is 0 Å². The summed E-state index contributed by atoms with van der Waals surface area (Å²) in [6, 6.07) is 5.81. The quantitative estimate of drug-likeness (QED) is 0.871. The maximum atomic E-state index is 11.5. The van der Waals surface area contributed by atoms with Crippen LogP contribution in [-0.2, 0) is 11.2 Å². The SMILES string of the molecule is CNC(=O)C(C)Oc1c(Br)cccc1CC(C)N. The molecule has 1 amide bonds. The normalized spacial score (nSPS) is 13.8. The van der Waals surface area contributed by atoms with Gasteiger partial charge in [0.2, 0.25) is 0 Å². The first-order valence-electron chi connectivity index (χ1n) is 5.87. The lowest BCUT2D eigenvalue weighted by Gasteiger charge is -2.18. The lowest BCUT2D eigenvalue weighted by Crippen LogP contribution is -2.34. The summed E-state index contributed by atoms with van der Waals surface area (Å²) in [5, 5.41) is 2.56. The Morgan fingerprint density at radius 2 is 2.17 bits per heavy atom. The minimum absolute atomic E-state index is 0.0388. The number of likely N-dealkylation sites (N-methyl/N-ethyl adjacent to an activating group) is 1. The molecule has 5 heteroatoms. The van der Waals surface area contributed by atoms with Gasteiger partial charge < -0.3 is 15.8 Å². The van der Waals surface area contributed by atoms with E-state index in [0.29, 0.717) is 12.2 Å². The van der Waals surface area contributed by atoms with Gasteiger partial charge in [-0.1, -0.05) is 12.1 Å². The maximum Gasteiger partial charge on any atom is 0.260 e. The molecule has 0 aliphatic heterocycles. The van der Waals surface area contributed by atoms with E-state index in [0.717, 1.165) is 10.0 Å². The van der Waals surface area contributed by atoms with E-state index >= 15 is 0 Å². The topological polar surface area (TPSA) is 64.3 Å². The number of para-hydroxylation sites is 1. The number of ether oxygens (including phenoxy) is 1. The Hall–Kier alpha value is -1.07. The van der Waals surface area contributed by atoms with Crippen molar-refractivity contribution >= 4 is 21.8 Å². The highest BCUT2D eigenvalue weighted by molar-refractivity contribution is 9.10. The molecule has 1 rings (SSSR count). The molecule has 2 unspecified atom stereocenters. The second-order valence-corrected chi connectivity index (χ2v) is 5.14. The van der Waals surface area contributed by atoms with Crippen molar-refractivity contribution in [2.24, 2.45) is 5.73 Å². The van der Waals surface area contributed by atoms with Crippen molar-refractivity contribution in [3.8, 4) is 5.75 Å². The van der Waals surface area contributed by atoms with E-state index in [1.165, 1.54) is 0 Å². The van der Waals surface area contributed by atoms with E-state index < -0.39 is 6.10 Å². The molecular weight excluding hydrogens is 296 g/mol. The number of hydrogen-bond donors (Lipinski definition) is 2. The Kier molecular flexibility index (Phi) is 5.62. The van der Waals surface area contributed by atoms with E-state index in [2.05, 4.69) is 21.2 Å². The second-order valence-electron chi connectivity index (χ2n) is 4.28. The minimum Gasteiger partial charge on any atom is -0.479 e. The van der Waals surface area contributed by atoms with Crippen LogP contribution in [0, 0.1) is 0 Å². The third kappa shape index (κ3) is 3.99. The molecule has 0 radical (unpaired) electrons. The van der Waals surface area contributed by atoms with Crippen LogP contribution >= 0.6 is 15.9 Å². The molecule has 0 heterocycles. The molecule has 0 fully saturated rings. The van der Waals surface area contributed by atoms with Gasteiger partial charge in [0, 0.05) is 13.1 Å². The first kappa shape index (κ1) is 15.0. The molecule has 0 aliphatic carbocycles. The van der Waals surface area contributed by atoms with Gasteiger partial charge in [0.25, 0.3) is 5.91 Å². The van der Waals surface area contributed by atoms with Crippen LogP contribution < -0.4 is 15.8 Å². The summed E-state index contributed by atoms with van der Waals surface area (Å²) in [5.74, 6) is 0.531. The van der Waals surface area contributed by atoms with Crippen molar-refractivity contribution in [1.82, 2.24) is 5.32 Å². The van der Waals surface area contributed by atoms with Gasteiger partial charge in [0.15, 0.2) is 6.10 Å². The van der Waals surface area contributed by atoms with Crippen LogP contribution in [0.15, 0.2) is 22.7 Å². The molecule has 18 heavy (non-hydrogen) atoms. The fourth-order valence-corrected chi connectivity index (χ4v) is 2.13. The van der Waals surface area contributed by atoms with Crippen LogP contribution in [-0.4, -0.2) is 25.1 Å². The Labute approximate surface area is 116 Å². The molecule has 0 aliphatic rings. The average Bonchev–Trinajstić information content (AvgIpc) is 2.31. The molecule has 0 saturated heterocycles. The van der Waals surface area contributed by atoms with Crippen LogP contribution in [0.3, 0.4) is 0 Å². The molecule has 0 spiro atoms. The first-order chi connectivity index (χ1) is 8.45. The van der Waals surface area contributed by atoms with Crippen molar-refractivity contribution in [3.63, 3.8) is 0 Å². The predicted molar refractivity (Wildman–Crippen MR) is 75.7 cm³/mol. The van der Waals surface area contributed by atoms with Gasteiger partial charge in [0.1, 0.15) is 5.75 Å². The number of rotatable bonds is 5. The van der Waals surface area contributed by atoms with E-state index in [1.807, 2.05) is 25.1 Å². The summed E-state index contributed by atoms with van der Waals surface area (Å²) in [5.41, 5.74) is 6.81. The molecule has 100 valence electrons. The van der Waals surface area contributed by atoms with E-state index in [4.69, 9.17) is 10.5 Å². The van der Waals surface area contributed by atoms with Crippen molar-refractivity contribution in [2.45, 2.75) is 32.4 Å². The van der Waals surface area contributed by atoms with Crippen molar-refractivity contribution in [1.29, 1.82) is 0 Å². The smallest absolute Gasteiger partial charge is 0.260 e. The number of benzene rings is 1. The standard InChI is InChI=1S/C13H19BrN2O2/c1-8(15)7-10-5-4-6-11(14)12(10)18-9(2)13(17)16-3/h4-6,8-9H,7,15H2,1-3H3,(H,16,17). The Morgan fingerprint density at radius 1 is 1.50 bits per heavy atom. The number of halogens is 1. The third-order valence-corrected chi connectivity index (χ3v) is 3.13. The highest BCUT2D eigenvalue weighted by Crippen LogP contribution is 2.30. The van der Waals surface area contributed by atoms with Crippen molar-refractivity contribution in [3.05, 3.63) is 28.2 Å². The first-order valence-corrected chi connectivity index (χ1v) is 6.66. The predicted octanol–water partition coefficient (Wildman–Crippen LogP) is 1.85. The van der Waals surface area contributed by atoms with Crippen LogP contribution in [0.1, 0.15) is 19.4 Å². The van der Waals surface area contributed by atoms with Gasteiger partial charge in [-0.15, -0.1) is 0 Å². The maximum absolute atomic E-state index is 11.5. The summed E-state index contributed by atoms with van der Waals surface area (Å²) in [4.78, 5) is 11.5. The van der Waals surface area contributed by atoms with Crippen LogP contribution in [0.2, 0.25) is 0 Å². The molecule has 0 saturated carbocycles. The average molecular weight is 315 g/mol. The van der Waals surface area contributed by atoms with E-state index in [1.54, 1.807) is 14.0 Å². The van der Waals surface area contributed by atoms with Crippen molar-refractivity contribution < 1.29 is 9.53 Å². The Balaban J connectivity index is 2.95. The zero-order chi connectivity index (χ0) is 13.7. The Morgan fingerprint density at radius 3 is 2.72 bits per heavy atom. The summed E-state index contributed by atoms with van der Waals surface area (Å²) in [6.45, 7) is 3.65. The Bertz CT molecular complexity index is 421. The number of hydrogen-bond acceptors (Lipinski definition) is 3. The molecule has 1 aromatic rings. The summed E-state index contributed by atoms with van der Waals surface area (Å²) < 4.78 is 6.55. The number of carbonyl (C=O) groups excluding carboxylic acids is 1. The van der Waals surface area contributed by atoms with E-state index in [9.17, 15) is 4.79 Å². The molecule has 0 aromatic heterocycles. The highest BCUT2D eigenvalue weighted by atomic mass is 79.9. The van der Waals surface area contributed by atoms with Gasteiger partial charge in [-0.3, -0.25) is 4.79 Å². The number of amides is 1. The minimum atomic E-state index is -0.541. The van der Waals surface area contributed by atoms with Gasteiger partial charge in [-0.05, 0) is 47.8 Å². The fraction of sp³-hybridized carbons (Fsp3) is 0.462. The number of nitrogens with two attached hydrogens (primary N) is 1. The largest absolute Gasteiger partial charge is 0.479 e. The third-order valence-electron chi connectivity index (χ3n) is 2.50. The van der Waals surface area contributed by atoms with Crippen LogP contribution in [0.25, 0.3) is 0 Å². The number of carbonyl (C=O) groups is 1. The lowest BCUT2D eigenvalue weighted by atomic mass is 10.1. The fourth-order valence-electron chi connectivity index (χ4n) is 1.63. The van der Waals surface area contributed by atoms with Crippen molar-refractivity contribution in [2.75, 3.05) is 7.05 Å². The summed E-state index contributed by atoms with van der Waals surface area (Å²) in [6.07, 6.45) is 0.162. The van der Waals surface area contributed by atoms with Gasteiger partial charge in [0.05, 0.1) is 4.47 Å². The summed E-state index contributed by atoms with van der Waals surface area (Å²) in [7, 11) is 1.59. The van der Waals surface area contributed by atoms with Crippen LogP contribution in [0.4, 0.5) is 0 Å². The molecule has 4 nitrogen and oxygen atoms in total. The lowest BCUT2D eigenvalue weighted by molar-refractivity contribution is -0.126. The molecule has 1 aromatic carbocycles. The zero-order valence-corrected chi connectivity index (χ0v) is 12.5. The summed E-state index contributed by atoms with van der Waals surface area (Å²) >= 11 is 3.44. The zero-order valence-electron chi connectivity index (χ0n) is 10.9. The van der Waals surface area contributed by atoms with Crippen LogP contribution in [0.5, 0.6) is 5.75 Å². The second kappa shape index (κ2) is 6.75. The highest BCUT2D eigenvalue weighted by Gasteiger charge is 2.17. The molecular formula is C13H19BrN2O2. The molecule has 0 bridgehead atoms. The van der Waals surface area contributed by atoms with Gasteiger partial charge >= 0.3 is 0 Å². The number of nitrogens with one attached hydrogen (secondary N) is 1. The molecule has 2 atom stereocenters. The molecule has 3 N–H and O–H groups in total. The van der Waals surface area contributed by atoms with Gasteiger partial charge in [-0.2, -0.15) is 0 Å². The van der Waals surface area contributed by atoms with E-state index in [-0.39, 0.29) is 11.9 Å². The monoisotopic (exact) mass is 314 g/mol.